The van der Waals surface area contributed by atoms with Crippen molar-refractivity contribution in [2.45, 2.75) is 6.36 Å². The zero-order valence-electron chi connectivity index (χ0n) is 6.48. The van der Waals surface area contributed by atoms with Crippen LogP contribution in [0.25, 0.3) is 0 Å². The van der Waals surface area contributed by atoms with Gasteiger partial charge in [0.25, 0.3) is 5.56 Å². The first-order chi connectivity index (χ1) is 6.29. The summed E-state index contributed by atoms with van der Waals surface area (Å²) in [5.74, 6) is -0.945. The number of anilines is 1. The van der Waals surface area contributed by atoms with Crippen LogP contribution in [-0.2, 0) is 0 Å². The van der Waals surface area contributed by atoms with E-state index in [-0.39, 0.29) is 10.8 Å². The van der Waals surface area contributed by atoms with Crippen LogP contribution in [0.5, 0.6) is 5.75 Å². The third-order valence-electron chi connectivity index (χ3n) is 1.21. The molecule has 0 unspecified atom stereocenters. The summed E-state index contributed by atoms with van der Waals surface area (Å²) in [6.07, 6.45) is -4.94. The summed E-state index contributed by atoms with van der Waals surface area (Å²) in [5, 5.41) is -0.232. The maximum Gasteiger partial charge on any atom is 0.573 e. The average molecular weight is 229 g/mol. The summed E-state index contributed by atoms with van der Waals surface area (Å²) in [6, 6.07) is 0.703. The SMILES string of the molecule is Nc1cc(OC(F)(F)F)c(=O)[nH]c1Cl. The second kappa shape index (κ2) is 3.41. The van der Waals surface area contributed by atoms with Gasteiger partial charge in [0, 0.05) is 6.07 Å². The van der Waals surface area contributed by atoms with Gasteiger partial charge in [-0.15, -0.1) is 13.2 Å². The van der Waals surface area contributed by atoms with Crippen LogP contribution in [0.4, 0.5) is 18.9 Å². The molecule has 4 nitrogen and oxygen atoms in total. The maximum absolute atomic E-state index is 11.7. The number of rotatable bonds is 1. The fraction of sp³-hybridized carbons (Fsp3) is 0.167. The van der Waals surface area contributed by atoms with E-state index >= 15 is 0 Å². The minimum absolute atomic E-state index is 0.203. The third kappa shape index (κ3) is 2.56. The highest BCUT2D eigenvalue weighted by Crippen LogP contribution is 2.23. The lowest BCUT2D eigenvalue weighted by atomic mass is 10.4. The van der Waals surface area contributed by atoms with Gasteiger partial charge < -0.3 is 15.5 Å². The first kappa shape index (κ1) is 10.7. The summed E-state index contributed by atoms with van der Waals surface area (Å²) in [6.45, 7) is 0. The van der Waals surface area contributed by atoms with Crippen LogP contribution >= 0.6 is 11.6 Å². The minimum Gasteiger partial charge on any atom is -0.400 e. The van der Waals surface area contributed by atoms with E-state index in [4.69, 9.17) is 17.3 Å². The monoisotopic (exact) mass is 228 g/mol. The summed E-state index contributed by atoms with van der Waals surface area (Å²) >= 11 is 5.34. The molecular formula is C6H4ClF3N2O2. The Bertz CT molecular complexity index is 401. The highest BCUT2D eigenvalue weighted by molar-refractivity contribution is 6.31. The molecule has 0 saturated heterocycles. The van der Waals surface area contributed by atoms with Crippen molar-refractivity contribution in [1.29, 1.82) is 0 Å². The Kier molecular flexibility index (Phi) is 2.61. The number of H-pyrrole nitrogens is 1. The van der Waals surface area contributed by atoms with E-state index in [2.05, 4.69) is 4.74 Å². The normalized spacial score (nSPS) is 11.4. The molecule has 1 rings (SSSR count). The predicted molar refractivity (Wildman–Crippen MR) is 43.2 cm³/mol. The predicted octanol–water partition coefficient (Wildman–Crippen LogP) is 1.51. The van der Waals surface area contributed by atoms with Crippen LogP contribution in [0, 0.1) is 0 Å². The molecule has 0 aliphatic carbocycles. The molecule has 0 aliphatic rings. The molecule has 0 spiro atoms. The van der Waals surface area contributed by atoms with E-state index in [1.165, 1.54) is 0 Å². The summed E-state index contributed by atoms with van der Waals surface area (Å²) in [7, 11) is 0. The van der Waals surface area contributed by atoms with Gasteiger partial charge in [-0.1, -0.05) is 11.6 Å². The van der Waals surface area contributed by atoms with Crippen molar-refractivity contribution in [3.05, 3.63) is 21.6 Å². The summed E-state index contributed by atoms with van der Waals surface area (Å²) in [5.41, 5.74) is 3.86. The molecule has 3 N–H and O–H groups in total. The first-order valence-electron chi connectivity index (χ1n) is 3.23. The molecule has 14 heavy (non-hydrogen) atoms. The van der Waals surface area contributed by atoms with Crippen LogP contribution in [-0.4, -0.2) is 11.3 Å². The number of halogens is 4. The maximum atomic E-state index is 11.7. The average Bonchev–Trinajstić information content (AvgIpc) is 1.97. The molecule has 0 aromatic carbocycles. The van der Waals surface area contributed by atoms with Crippen LogP contribution < -0.4 is 16.0 Å². The topological polar surface area (TPSA) is 68.1 Å². The summed E-state index contributed by atoms with van der Waals surface area (Å²) < 4.78 is 38.5. The number of aromatic amines is 1. The first-order valence-corrected chi connectivity index (χ1v) is 3.61. The molecular weight excluding hydrogens is 225 g/mol. The number of nitrogens with one attached hydrogen (secondary N) is 1. The van der Waals surface area contributed by atoms with Crippen molar-refractivity contribution in [3.63, 3.8) is 0 Å². The van der Waals surface area contributed by atoms with Crippen molar-refractivity contribution in [1.82, 2.24) is 4.98 Å². The molecule has 0 atom stereocenters. The molecule has 0 amide bonds. The lowest BCUT2D eigenvalue weighted by Gasteiger charge is -2.08. The number of nitrogens with two attached hydrogens (primary N) is 1. The fourth-order valence-electron chi connectivity index (χ4n) is 0.704. The van der Waals surface area contributed by atoms with Gasteiger partial charge in [0.15, 0.2) is 5.75 Å². The van der Waals surface area contributed by atoms with E-state index in [1.54, 1.807) is 0 Å². The number of aromatic nitrogens is 1. The zero-order chi connectivity index (χ0) is 10.9. The molecule has 0 fully saturated rings. The molecule has 1 aromatic heterocycles. The number of pyridine rings is 1. The van der Waals surface area contributed by atoms with Crippen LogP contribution in [0.3, 0.4) is 0 Å². The third-order valence-corrected chi connectivity index (χ3v) is 1.53. The molecule has 0 radical (unpaired) electrons. The fourth-order valence-corrected chi connectivity index (χ4v) is 0.844. The Morgan fingerprint density at radius 1 is 1.50 bits per heavy atom. The lowest BCUT2D eigenvalue weighted by molar-refractivity contribution is -0.275. The van der Waals surface area contributed by atoms with Gasteiger partial charge in [-0.2, -0.15) is 0 Å². The van der Waals surface area contributed by atoms with Gasteiger partial charge in [-0.25, -0.2) is 0 Å². The number of alkyl halides is 3. The molecule has 0 saturated carbocycles. The van der Waals surface area contributed by atoms with Gasteiger partial charge in [0.2, 0.25) is 0 Å². The zero-order valence-corrected chi connectivity index (χ0v) is 7.24. The van der Waals surface area contributed by atoms with E-state index < -0.39 is 17.7 Å². The molecule has 8 heteroatoms. The van der Waals surface area contributed by atoms with Crippen LogP contribution in [0.2, 0.25) is 5.15 Å². The molecule has 1 heterocycles. The number of hydrogen-bond donors (Lipinski definition) is 2. The Hall–Kier alpha value is -1.37. The van der Waals surface area contributed by atoms with Gasteiger partial charge in [0.1, 0.15) is 5.15 Å². The number of ether oxygens (including phenoxy) is 1. The van der Waals surface area contributed by atoms with Crippen molar-refractivity contribution in [2.24, 2.45) is 0 Å². The minimum atomic E-state index is -4.94. The van der Waals surface area contributed by atoms with Gasteiger partial charge in [-0.05, 0) is 0 Å². The van der Waals surface area contributed by atoms with Crippen molar-refractivity contribution in [3.8, 4) is 5.75 Å². The van der Waals surface area contributed by atoms with Gasteiger partial charge >= 0.3 is 6.36 Å². The van der Waals surface area contributed by atoms with E-state index in [9.17, 15) is 18.0 Å². The van der Waals surface area contributed by atoms with E-state index in [0.717, 1.165) is 0 Å². The highest BCUT2D eigenvalue weighted by atomic mass is 35.5. The Morgan fingerprint density at radius 2 is 2.07 bits per heavy atom. The summed E-state index contributed by atoms with van der Waals surface area (Å²) in [4.78, 5) is 12.7. The van der Waals surface area contributed by atoms with Crippen molar-refractivity contribution < 1.29 is 17.9 Å². The smallest absolute Gasteiger partial charge is 0.400 e. The quantitative estimate of drug-likeness (QED) is 0.716. The number of hydrogen-bond acceptors (Lipinski definition) is 3. The lowest BCUT2D eigenvalue weighted by Crippen LogP contribution is -2.23. The second-order valence-corrected chi connectivity index (χ2v) is 2.66. The van der Waals surface area contributed by atoms with Crippen molar-refractivity contribution >= 4 is 17.3 Å². The molecule has 0 bridgehead atoms. The molecule has 1 aromatic rings. The number of nitrogen functional groups attached to an aromatic ring is 1. The standard InChI is InChI=1S/C6H4ClF3N2O2/c7-4-2(11)1-3(5(13)12-4)14-6(8,9)10/h1H,11H2,(H,12,13). The van der Waals surface area contributed by atoms with Crippen LogP contribution in [0.15, 0.2) is 10.9 Å². The Balaban J connectivity index is 3.11. The molecule has 0 aliphatic heterocycles. The Morgan fingerprint density at radius 3 is 2.57 bits per heavy atom. The second-order valence-electron chi connectivity index (χ2n) is 2.28. The van der Waals surface area contributed by atoms with Gasteiger partial charge in [0.05, 0.1) is 5.69 Å². The van der Waals surface area contributed by atoms with Crippen LogP contribution in [0.1, 0.15) is 0 Å². The Labute approximate surface area is 80.4 Å². The van der Waals surface area contributed by atoms with E-state index in [1.807, 2.05) is 4.98 Å². The van der Waals surface area contributed by atoms with Gasteiger partial charge in [-0.3, -0.25) is 4.79 Å². The highest BCUT2D eigenvalue weighted by Gasteiger charge is 2.32. The van der Waals surface area contributed by atoms with Crippen molar-refractivity contribution in [2.75, 3.05) is 5.73 Å². The molecule has 78 valence electrons. The largest absolute Gasteiger partial charge is 0.573 e. The van der Waals surface area contributed by atoms with E-state index in [0.29, 0.717) is 6.07 Å².